The molecule has 0 aromatic carbocycles. The van der Waals surface area contributed by atoms with Gasteiger partial charge in [0.15, 0.2) is 0 Å². The van der Waals surface area contributed by atoms with Crippen LogP contribution in [0.1, 0.15) is 65.7 Å². The Balaban J connectivity index is 4.15. The normalized spacial score (nSPS) is 15.7. The number of hydrogen-bond donors (Lipinski definition) is 1. The SMILES string of the molecule is CCCCCCC(C)(CCC)OCC(F)(F)CN. The summed E-state index contributed by atoms with van der Waals surface area (Å²) < 4.78 is 31.7. The van der Waals surface area contributed by atoms with Gasteiger partial charge in [0.2, 0.25) is 0 Å². The summed E-state index contributed by atoms with van der Waals surface area (Å²) in [6.45, 7) is 4.94. The molecule has 0 spiro atoms. The van der Waals surface area contributed by atoms with E-state index in [9.17, 15) is 8.78 Å². The summed E-state index contributed by atoms with van der Waals surface area (Å²) in [6.07, 6.45) is 7.17. The number of nitrogens with two attached hydrogens (primary N) is 1. The van der Waals surface area contributed by atoms with Gasteiger partial charge in [-0.2, -0.15) is 0 Å². The highest BCUT2D eigenvalue weighted by Crippen LogP contribution is 2.27. The van der Waals surface area contributed by atoms with Gasteiger partial charge < -0.3 is 10.5 Å². The van der Waals surface area contributed by atoms with E-state index >= 15 is 0 Å². The Kier molecular flexibility index (Phi) is 8.70. The molecule has 0 aliphatic carbocycles. The Morgan fingerprint density at radius 3 is 2.17 bits per heavy atom. The lowest BCUT2D eigenvalue weighted by atomic mass is 9.93. The topological polar surface area (TPSA) is 35.2 Å². The molecule has 0 heterocycles. The van der Waals surface area contributed by atoms with Crippen molar-refractivity contribution in [1.82, 2.24) is 0 Å². The molecule has 0 rings (SSSR count). The maximum absolute atomic E-state index is 13.1. The van der Waals surface area contributed by atoms with E-state index in [2.05, 4.69) is 13.8 Å². The van der Waals surface area contributed by atoms with E-state index < -0.39 is 24.7 Å². The van der Waals surface area contributed by atoms with Crippen LogP contribution in [0.4, 0.5) is 8.78 Å². The summed E-state index contributed by atoms with van der Waals surface area (Å²) in [5.74, 6) is -2.90. The highest BCUT2D eigenvalue weighted by atomic mass is 19.3. The first kappa shape index (κ1) is 17.8. The molecule has 0 saturated heterocycles. The molecule has 0 saturated carbocycles. The number of unbranched alkanes of at least 4 members (excludes halogenated alkanes) is 3. The van der Waals surface area contributed by atoms with Gasteiger partial charge >= 0.3 is 0 Å². The molecule has 1 unspecified atom stereocenters. The second kappa shape index (κ2) is 8.81. The minimum absolute atomic E-state index is 0.429. The number of ether oxygens (including phenoxy) is 1. The molecule has 0 aromatic rings. The van der Waals surface area contributed by atoms with Crippen molar-refractivity contribution in [3.63, 3.8) is 0 Å². The third-order valence-corrected chi connectivity index (χ3v) is 3.27. The third kappa shape index (κ3) is 7.98. The fourth-order valence-corrected chi connectivity index (χ4v) is 2.06. The molecule has 110 valence electrons. The van der Waals surface area contributed by atoms with Crippen molar-refractivity contribution in [1.29, 1.82) is 0 Å². The summed E-state index contributed by atoms with van der Waals surface area (Å²) in [5, 5.41) is 0. The van der Waals surface area contributed by atoms with Crippen molar-refractivity contribution in [2.24, 2.45) is 5.73 Å². The summed E-state index contributed by atoms with van der Waals surface area (Å²) in [7, 11) is 0. The molecule has 0 bridgehead atoms. The predicted octanol–water partition coefficient (Wildman–Crippen LogP) is 4.13. The lowest BCUT2D eigenvalue weighted by Gasteiger charge is -2.31. The predicted molar refractivity (Wildman–Crippen MR) is 72.0 cm³/mol. The molecule has 1 atom stereocenters. The highest BCUT2D eigenvalue weighted by Gasteiger charge is 2.32. The van der Waals surface area contributed by atoms with Crippen molar-refractivity contribution in [3.8, 4) is 0 Å². The average Bonchev–Trinajstić information content (AvgIpc) is 2.33. The Bertz CT molecular complexity index is 212. The fourth-order valence-electron chi connectivity index (χ4n) is 2.06. The van der Waals surface area contributed by atoms with E-state index in [1.165, 1.54) is 12.8 Å². The van der Waals surface area contributed by atoms with Crippen LogP contribution in [0.15, 0.2) is 0 Å². The first-order chi connectivity index (χ1) is 8.39. The summed E-state index contributed by atoms with van der Waals surface area (Å²) >= 11 is 0. The molecular formula is C14H29F2NO. The van der Waals surface area contributed by atoms with Crippen LogP contribution in [0.25, 0.3) is 0 Å². The van der Waals surface area contributed by atoms with Gasteiger partial charge in [0.1, 0.15) is 6.61 Å². The number of rotatable bonds is 11. The van der Waals surface area contributed by atoms with Gasteiger partial charge in [-0.15, -0.1) is 0 Å². The van der Waals surface area contributed by atoms with Crippen LogP contribution in [0.3, 0.4) is 0 Å². The van der Waals surface area contributed by atoms with Crippen molar-refractivity contribution in [2.75, 3.05) is 13.2 Å². The molecular weight excluding hydrogens is 236 g/mol. The smallest absolute Gasteiger partial charge is 0.282 e. The monoisotopic (exact) mass is 265 g/mol. The van der Waals surface area contributed by atoms with E-state index in [1.54, 1.807) is 0 Å². The van der Waals surface area contributed by atoms with E-state index in [-0.39, 0.29) is 0 Å². The van der Waals surface area contributed by atoms with Crippen molar-refractivity contribution in [2.45, 2.75) is 77.2 Å². The Morgan fingerprint density at radius 2 is 1.67 bits per heavy atom. The lowest BCUT2D eigenvalue weighted by Crippen LogP contribution is -2.39. The summed E-state index contributed by atoms with van der Waals surface area (Å²) in [6, 6.07) is 0. The number of hydrogen-bond acceptors (Lipinski definition) is 2. The number of alkyl halides is 2. The first-order valence-electron chi connectivity index (χ1n) is 7.11. The quantitative estimate of drug-likeness (QED) is 0.570. The van der Waals surface area contributed by atoms with Crippen LogP contribution in [0.2, 0.25) is 0 Å². The molecule has 0 fully saturated rings. The molecule has 0 radical (unpaired) electrons. The molecule has 18 heavy (non-hydrogen) atoms. The fraction of sp³-hybridized carbons (Fsp3) is 1.00. The second-order valence-electron chi connectivity index (χ2n) is 5.36. The first-order valence-corrected chi connectivity index (χ1v) is 7.11. The van der Waals surface area contributed by atoms with Crippen LogP contribution in [0.5, 0.6) is 0 Å². The number of halogens is 2. The summed E-state index contributed by atoms with van der Waals surface area (Å²) in [4.78, 5) is 0. The molecule has 4 heteroatoms. The van der Waals surface area contributed by atoms with Gasteiger partial charge in [0, 0.05) is 0 Å². The zero-order chi connectivity index (χ0) is 14.1. The zero-order valence-corrected chi connectivity index (χ0v) is 12.1. The lowest BCUT2D eigenvalue weighted by molar-refractivity contribution is -0.134. The van der Waals surface area contributed by atoms with E-state index in [1.807, 2.05) is 6.92 Å². The molecule has 2 N–H and O–H groups in total. The van der Waals surface area contributed by atoms with Crippen molar-refractivity contribution >= 4 is 0 Å². The van der Waals surface area contributed by atoms with Crippen molar-refractivity contribution in [3.05, 3.63) is 0 Å². The maximum Gasteiger partial charge on any atom is 0.282 e. The van der Waals surface area contributed by atoms with Gasteiger partial charge in [-0.25, -0.2) is 8.78 Å². The average molecular weight is 265 g/mol. The minimum Gasteiger partial charge on any atom is -0.369 e. The van der Waals surface area contributed by atoms with Crippen LogP contribution in [-0.4, -0.2) is 24.7 Å². The standard InChI is InChI=1S/C14H29F2NO/c1-4-6-7-8-10-13(3,9-5-2)18-12-14(15,16)11-17/h4-12,17H2,1-3H3. The Labute approximate surface area is 110 Å². The van der Waals surface area contributed by atoms with Gasteiger partial charge in [0.25, 0.3) is 5.92 Å². The van der Waals surface area contributed by atoms with Crippen LogP contribution < -0.4 is 5.73 Å². The molecule has 0 aromatic heterocycles. The van der Waals surface area contributed by atoms with E-state index in [4.69, 9.17) is 10.5 Å². The third-order valence-electron chi connectivity index (χ3n) is 3.27. The largest absolute Gasteiger partial charge is 0.369 e. The Hall–Kier alpha value is -0.220. The second-order valence-corrected chi connectivity index (χ2v) is 5.36. The van der Waals surface area contributed by atoms with Gasteiger partial charge in [-0.1, -0.05) is 46.0 Å². The zero-order valence-electron chi connectivity index (χ0n) is 12.1. The van der Waals surface area contributed by atoms with Crippen molar-refractivity contribution < 1.29 is 13.5 Å². The Morgan fingerprint density at radius 1 is 1.00 bits per heavy atom. The van der Waals surface area contributed by atoms with Crippen LogP contribution in [-0.2, 0) is 4.74 Å². The molecule has 2 nitrogen and oxygen atoms in total. The van der Waals surface area contributed by atoms with Gasteiger partial charge in [-0.05, 0) is 19.8 Å². The highest BCUT2D eigenvalue weighted by molar-refractivity contribution is 4.77. The maximum atomic E-state index is 13.1. The molecule has 0 amide bonds. The van der Waals surface area contributed by atoms with Gasteiger partial charge in [0.05, 0.1) is 12.1 Å². The van der Waals surface area contributed by atoms with Gasteiger partial charge in [-0.3, -0.25) is 0 Å². The molecule has 0 aliphatic rings. The van der Waals surface area contributed by atoms with E-state index in [0.717, 1.165) is 32.1 Å². The molecule has 0 aliphatic heterocycles. The van der Waals surface area contributed by atoms with E-state index in [0.29, 0.717) is 0 Å². The van der Waals surface area contributed by atoms with Crippen LogP contribution in [0, 0.1) is 0 Å². The summed E-state index contributed by atoms with van der Waals surface area (Å²) in [5.41, 5.74) is 4.59. The van der Waals surface area contributed by atoms with Crippen LogP contribution >= 0.6 is 0 Å². The minimum atomic E-state index is -2.90.